The summed E-state index contributed by atoms with van der Waals surface area (Å²) in [5.41, 5.74) is 4.19. The van der Waals surface area contributed by atoms with Gasteiger partial charge in [0.05, 0.1) is 11.1 Å². The van der Waals surface area contributed by atoms with Gasteiger partial charge in [0, 0.05) is 19.5 Å². The van der Waals surface area contributed by atoms with Crippen molar-refractivity contribution in [3.05, 3.63) is 83.9 Å². The maximum Gasteiger partial charge on any atom is 0.335 e. The minimum atomic E-state index is -0.959. The Hall–Kier alpha value is -2.78. The van der Waals surface area contributed by atoms with Gasteiger partial charge in [0.15, 0.2) is 0 Å². The Morgan fingerprint density at radius 2 is 0.880 bits per heavy atom. The second-order valence-electron chi connectivity index (χ2n) is 5.31. The molecule has 25 heavy (non-hydrogen) atoms. The average molecular weight is 384 g/mol. The van der Waals surface area contributed by atoms with Gasteiger partial charge < -0.3 is 10.2 Å². The second kappa shape index (κ2) is 7.86. The topological polar surface area (TPSA) is 74.6 Å². The zero-order valence-electron chi connectivity index (χ0n) is 13.3. The fourth-order valence-corrected chi connectivity index (χ4v) is 2.57. The van der Waals surface area contributed by atoms with Gasteiger partial charge >= 0.3 is 11.9 Å². The maximum atomic E-state index is 11.0. The van der Waals surface area contributed by atoms with Crippen molar-refractivity contribution in [2.24, 2.45) is 0 Å². The molecule has 0 atom stereocenters. The van der Waals surface area contributed by atoms with Gasteiger partial charge in [-0.05, 0) is 46.5 Å². The summed E-state index contributed by atoms with van der Waals surface area (Å²) in [5.74, 6) is -1.92. The van der Waals surface area contributed by atoms with Gasteiger partial charge in [0.25, 0.3) is 0 Å². The largest absolute Gasteiger partial charge is 0.478 e. The molecule has 0 aliphatic rings. The van der Waals surface area contributed by atoms with Crippen LogP contribution in [-0.2, 0) is 19.5 Å². The van der Waals surface area contributed by atoms with Crippen molar-refractivity contribution in [1.29, 1.82) is 0 Å². The number of carboxylic acids is 2. The molecule has 120 valence electrons. The Morgan fingerprint density at radius 3 is 1.16 bits per heavy atom. The van der Waals surface area contributed by atoms with E-state index in [1.54, 1.807) is 48.5 Å². The first kappa shape index (κ1) is 18.6. The van der Waals surface area contributed by atoms with E-state index >= 15 is 0 Å². The maximum absolute atomic E-state index is 11.0. The predicted octanol–water partition coefficient (Wildman–Crippen LogP) is 4.41. The van der Waals surface area contributed by atoms with Crippen LogP contribution in [0.2, 0.25) is 0 Å². The van der Waals surface area contributed by atoms with E-state index in [1.165, 1.54) is 0 Å². The van der Waals surface area contributed by atoms with Crippen molar-refractivity contribution in [3.63, 3.8) is 0 Å². The van der Waals surface area contributed by atoms with E-state index in [0.29, 0.717) is 0 Å². The van der Waals surface area contributed by atoms with E-state index in [2.05, 4.69) is 0 Å². The molecular weight excluding hydrogens is 370 g/mol. The van der Waals surface area contributed by atoms with Crippen LogP contribution in [0.15, 0.2) is 72.8 Å². The summed E-state index contributed by atoms with van der Waals surface area (Å²) in [6.07, 6.45) is 0. The van der Waals surface area contributed by atoms with Gasteiger partial charge in [0.1, 0.15) is 0 Å². The number of aromatic carboxylic acids is 2. The van der Waals surface area contributed by atoms with Gasteiger partial charge in [0.2, 0.25) is 0 Å². The smallest absolute Gasteiger partial charge is 0.335 e. The number of benzene rings is 3. The molecule has 0 unspecified atom stereocenters. The van der Waals surface area contributed by atoms with Gasteiger partial charge in [-0.3, -0.25) is 0 Å². The summed E-state index contributed by atoms with van der Waals surface area (Å²) in [6.45, 7) is 0. The van der Waals surface area contributed by atoms with Crippen LogP contribution in [0.3, 0.4) is 0 Å². The molecule has 0 aromatic heterocycles. The van der Waals surface area contributed by atoms with Crippen LogP contribution >= 0.6 is 0 Å². The molecule has 5 heteroatoms. The Balaban J connectivity index is 0.00000225. The third-order valence-electron chi connectivity index (χ3n) is 3.81. The minimum Gasteiger partial charge on any atom is -0.478 e. The summed E-state index contributed by atoms with van der Waals surface area (Å²) < 4.78 is 0. The van der Waals surface area contributed by atoms with Crippen molar-refractivity contribution >= 4 is 11.9 Å². The van der Waals surface area contributed by atoms with Crippen LogP contribution < -0.4 is 0 Å². The van der Waals surface area contributed by atoms with E-state index in [1.807, 2.05) is 24.3 Å². The normalized spacial score (nSPS) is 9.92. The van der Waals surface area contributed by atoms with Gasteiger partial charge in [-0.25, -0.2) is 9.59 Å². The first-order valence-corrected chi connectivity index (χ1v) is 7.33. The molecule has 0 spiro atoms. The van der Waals surface area contributed by atoms with Crippen LogP contribution in [0.4, 0.5) is 0 Å². The molecule has 0 amide bonds. The molecule has 0 saturated heterocycles. The Morgan fingerprint density at radius 1 is 0.560 bits per heavy atom. The predicted molar refractivity (Wildman–Crippen MR) is 91.2 cm³/mol. The molecule has 0 aliphatic carbocycles. The first-order valence-electron chi connectivity index (χ1n) is 7.33. The Bertz CT molecular complexity index is 823. The number of carbonyl (C=O) groups is 2. The molecule has 2 N–H and O–H groups in total. The van der Waals surface area contributed by atoms with Crippen molar-refractivity contribution in [2.45, 2.75) is 0 Å². The molecule has 4 nitrogen and oxygen atoms in total. The third-order valence-corrected chi connectivity index (χ3v) is 3.81. The summed E-state index contributed by atoms with van der Waals surface area (Å²) >= 11 is 0. The summed E-state index contributed by atoms with van der Waals surface area (Å²) in [7, 11) is 0. The van der Waals surface area contributed by atoms with Crippen molar-refractivity contribution in [1.82, 2.24) is 0 Å². The van der Waals surface area contributed by atoms with Crippen molar-refractivity contribution in [2.75, 3.05) is 0 Å². The summed E-state index contributed by atoms with van der Waals surface area (Å²) in [5, 5.41) is 18.0. The van der Waals surface area contributed by atoms with E-state index in [9.17, 15) is 9.59 Å². The van der Waals surface area contributed by atoms with E-state index in [4.69, 9.17) is 10.2 Å². The zero-order chi connectivity index (χ0) is 17.1. The van der Waals surface area contributed by atoms with Gasteiger partial charge in [-0.1, -0.05) is 48.5 Å². The Kier molecular flexibility index (Phi) is 5.84. The minimum absolute atomic E-state index is 0. The number of carboxylic acid groups (broad SMARTS) is 2. The first-order chi connectivity index (χ1) is 11.6. The number of hydrogen-bond acceptors (Lipinski definition) is 2. The van der Waals surface area contributed by atoms with Gasteiger partial charge in [-0.2, -0.15) is 0 Å². The molecule has 0 heterocycles. The van der Waals surface area contributed by atoms with Crippen LogP contribution in [0.1, 0.15) is 20.7 Å². The van der Waals surface area contributed by atoms with Crippen molar-refractivity contribution < 1.29 is 39.3 Å². The monoisotopic (exact) mass is 382 g/mol. The molecule has 0 bridgehead atoms. The van der Waals surface area contributed by atoms with E-state index < -0.39 is 11.9 Å². The molecule has 3 rings (SSSR count). The standard InChI is InChI=1S/C20H14O4.Zn/c21-19(22)15-9-5-13(6-10-15)17-3-1-2-4-18(17)14-7-11-16(12-8-14)20(23)24;/h1-12H,(H,21,22)(H,23,24);. The SMILES string of the molecule is O=C(O)c1ccc(-c2ccccc2-c2ccc(C(=O)O)cc2)cc1.[Zn]. The quantitative estimate of drug-likeness (QED) is 0.654. The van der Waals surface area contributed by atoms with Crippen LogP contribution in [-0.4, -0.2) is 22.2 Å². The fraction of sp³-hybridized carbons (Fsp3) is 0. The molecule has 0 aliphatic heterocycles. The summed E-state index contributed by atoms with van der Waals surface area (Å²) in [4.78, 5) is 22.0. The molecule has 3 aromatic carbocycles. The molecule has 0 fully saturated rings. The average Bonchev–Trinajstić information content (AvgIpc) is 2.62. The number of hydrogen-bond donors (Lipinski definition) is 2. The van der Waals surface area contributed by atoms with Gasteiger partial charge in [-0.15, -0.1) is 0 Å². The Labute approximate surface area is 157 Å². The fourth-order valence-electron chi connectivity index (χ4n) is 2.57. The second-order valence-corrected chi connectivity index (χ2v) is 5.31. The van der Waals surface area contributed by atoms with Crippen molar-refractivity contribution in [3.8, 4) is 22.3 Å². The number of rotatable bonds is 4. The third kappa shape index (κ3) is 4.01. The van der Waals surface area contributed by atoms with E-state index in [-0.39, 0.29) is 30.6 Å². The van der Waals surface area contributed by atoms with Crippen LogP contribution in [0.5, 0.6) is 0 Å². The molecule has 0 saturated carbocycles. The molecule has 3 aromatic rings. The van der Waals surface area contributed by atoms with Crippen LogP contribution in [0, 0.1) is 0 Å². The zero-order valence-corrected chi connectivity index (χ0v) is 16.3. The molecule has 0 radical (unpaired) electrons. The molecular formula is C20H14O4Zn. The van der Waals surface area contributed by atoms with Crippen LogP contribution in [0.25, 0.3) is 22.3 Å². The summed E-state index contributed by atoms with van der Waals surface area (Å²) in [6, 6.07) is 21.1. The van der Waals surface area contributed by atoms with E-state index in [0.717, 1.165) is 22.3 Å².